The molecule has 20 heavy (non-hydrogen) atoms. The van der Waals surface area contributed by atoms with Crippen molar-refractivity contribution in [2.45, 2.75) is 18.9 Å². The van der Waals surface area contributed by atoms with Crippen LogP contribution < -0.4 is 10.1 Å². The predicted molar refractivity (Wildman–Crippen MR) is 92.4 cm³/mol. The summed E-state index contributed by atoms with van der Waals surface area (Å²) in [6.45, 7) is 0. The molecule has 0 saturated heterocycles. The van der Waals surface area contributed by atoms with E-state index in [4.69, 9.17) is 4.74 Å². The molecule has 0 aliphatic carbocycles. The maximum atomic E-state index is 5.28. The van der Waals surface area contributed by atoms with Gasteiger partial charge in [0.05, 0.1) is 7.11 Å². The van der Waals surface area contributed by atoms with Gasteiger partial charge in [0.25, 0.3) is 0 Å². The van der Waals surface area contributed by atoms with Gasteiger partial charge in [-0.25, -0.2) is 0 Å². The molecule has 3 heteroatoms. The van der Waals surface area contributed by atoms with Gasteiger partial charge >= 0.3 is 0 Å². The van der Waals surface area contributed by atoms with Crippen LogP contribution in [0.2, 0.25) is 0 Å². The number of nitrogens with one attached hydrogen (secondary N) is 1. The van der Waals surface area contributed by atoms with Crippen molar-refractivity contribution in [3.05, 3.63) is 63.2 Å². The monoisotopic (exact) mass is 381 g/mol. The van der Waals surface area contributed by atoms with Crippen LogP contribution in [0, 0.1) is 3.57 Å². The normalized spacial score (nSPS) is 12.2. The van der Waals surface area contributed by atoms with E-state index in [1.807, 2.05) is 19.2 Å². The molecular formula is C17H20INO. The lowest BCUT2D eigenvalue weighted by molar-refractivity contribution is 0.414. The van der Waals surface area contributed by atoms with Gasteiger partial charge < -0.3 is 10.1 Å². The van der Waals surface area contributed by atoms with Gasteiger partial charge in [0.1, 0.15) is 5.75 Å². The standard InChI is InChI=1S/C17H20INO/c1-19-16(10-13-6-8-15(18)9-7-13)11-14-4-3-5-17(12-14)20-2/h3-9,12,16,19H,10-11H2,1-2H3. The average Bonchev–Trinajstić information content (AvgIpc) is 2.49. The maximum Gasteiger partial charge on any atom is 0.119 e. The maximum absolute atomic E-state index is 5.28. The Morgan fingerprint density at radius 1 is 1.05 bits per heavy atom. The molecule has 0 amide bonds. The smallest absolute Gasteiger partial charge is 0.119 e. The topological polar surface area (TPSA) is 21.3 Å². The van der Waals surface area contributed by atoms with E-state index in [0.717, 1.165) is 18.6 Å². The highest BCUT2D eigenvalue weighted by Crippen LogP contribution is 2.16. The molecule has 2 rings (SSSR count). The third-order valence-corrected chi connectivity index (χ3v) is 4.14. The Morgan fingerprint density at radius 3 is 2.40 bits per heavy atom. The average molecular weight is 381 g/mol. The zero-order valence-corrected chi connectivity index (χ0v) is 14.1. The van der Waals surface area contributed by atoms with Gasteiger partial charge in [0.15, 0.2) is 0 Å². The van der Waals surface area contributed by atoms with Crippen molar-refractivity contribution in [3.8, 4) is 5.75 Å². The lowest BCUT2D eigenvalue weighted by Crippen LogP contribution is -2.29. The summed E-state index contributed by atoms with van der Waals surface area (Å²) in [6, 6.07) is 17.5. The quantitative estimate of drug-likeness (QED) is 0.771. The van der Waals surface area contributed by atoms with E-state index in [1.54, 1.807) is 7.11 Å². The van der Waals surface area contributed by atoms with Crippen molar-refractivity contribution in [1.82, 2.24) is 5.32 Å². The van der Waals surface area contributed by atoms with Crippen LogP contribution in [0.1, 0.15) is 11.1 Å². The minimum Gasteiger partial charge on any atom is -0.497 e. The van der Waals surface area contributed by atoms with E-state index < -0.39 is 0 Å². The number of ether oxygens (including phenoxy) is 1. The molecule has 2 aromatic carbocycles. The summed E-state index contributed by atoms with van der Waals surface area (Å²) < 4.78 is 6.56. The molecule has 0 heterocycles. The second-order valence-electron chi connectivity index (χ2n) is 4.87. The van der Waals surface area contributed by atoms with Gasteiger partial charge in [0.2, 0.25) is 0 Å². The van der Waals surface area contributed by atoms with Crippen LogP contribution in [-0.2, 0) is 12.8 Å². The Bertz CT molecular complexity index is 539. The Kier molecular flexibility index (Phi) is 5.86. The van der Waals surface area contributed by atoms with Crippen molar-refractivity contribution in [2.24, 2.45) is 0 Å². The summed E-state index contributed by atoms with van der Waals surface area (Å²) in [5.41, 5.74) is 2.67. The molecule has 0 radical (unpaired) electrons. The van der Waals surface area contributed by atoms with Crippen LogP contribution in [0.5, 0.6) is 5.75 Å². The summed E-state index contributed by atoms with van der Waals surface area (Å²) in [4.78, 5) is 0. The first-order chi connectivity index (χ1) is 9.71. The van der Waals surface area contributed by atoms with E-state index in [2.05, 4.69) is 64.3 Å². The second-order valence-corrected chi connectivity index (χ2v) is 6.12. The summed E-state index contributed by atoms with van der Waals surface area (Å²) in [5, 5.41) is 3.41. The van der Waals surface area contributed by atoms with E-state index in [0.29, 0.717) is 6.04 Å². The summed E-state index contributed by atoms with van der Waals surface area (Å²) in [7, 11) is 3.73. The number of hydrogen-bond donors (Lipinski definition) is 1. The molecule has 0 aliphatic rings. The first kappa shape index (κ1) is 15.3. The number of rotatable bonds is 6. The third kappa shape index (κ3) is 4.49. The second kappa shape index (κ2) is 7.64. The highest BCUT2D eigenvalue weighted by atomic mass is 127. The highest BCUT2D eigenvalue weighted by molar-refractivity contribution is 14.1. The van der Waals surface area contributed by atoms with Gasteiger partial charge in [0, 0.05) is 9.61 Å². The van der Waals surface area contributed by atoms with E-state index in [9.17, 15) is 0 Å². The lowest BCUT2D eigenvalue weighted by Gasteiger charge is -2.17. The summed E-state index contributed by atoms with van der Waals surface area (Å²) in [5.74, 6) is 0.923. The van der Waals surface area contributed by atoms with Crippen LogP contribution in [0.4, 0.5) is 0 Å². The van der Waals surface area contributed by atoms with Crippen LogP contribution in [0.15, 0.2) is 48.5 Å². The van der Waals surface area contributed by atoms with Crippen LogP contribution in [-0.4, -0.2) is 20.2 Å². The van der Waals surface area contributed by atoms with Crippen molar-refractivity contribution in [3.63, 3.8) is 0 Å². The third-order valence-electron chi connectivity index (χ3n) is 3.42. The number of benzene rings is 2. The van der Waals surface area contributed by atoms with Gasteiger partial charge in [-0.3, -0.25) is 0 Å². The molecule has 0 bridgehead atoms. The minimum absolute atomic E-state index is 0.433. The van der Waals surface area contributed by atoms with E-state index >= 15 is 0 Å². The Hall–Kier alpha value is -1.07. The minimum atomic E-state index is 0.433. The van der Waals surface area contributed by atoms with E-state index in [-0.39, 0.29) is 0 Å². The fourth-order valence-electron chi connectivity index (χ4n) is 2.27. The number of hydrogen-bond acceptors (Lipinski definition) is 2. The SMILES string of the molecule is CNC(Cc1ccc(I)cc1)Cc1cccc(OC)c1. The molecular weight excluding hydrogens is 361 g/mol. The van der Waals surface area contributed by atoms with Crippen LogP contribution >= 0.6 is 22.6 Å². The molecule has 2 aromatic rings. The molecule has 0 saturated carbocycles. The van der Waals surface area contributed by atoms with Gasteiger partial charge in [-0.1, -0.05) is 24.3 Å². The molecule has 0 aromatic heterocycles. The molecule has 2 nitrogen and oxygen atoms in total. The molecule has 0 fully saturated rings. The molecule has 0 spiro atoms. The van der Waals surface area contributed by atoms with Gasteiger partial charge in [-0.15, -0.1) is 0 Å². The summed E-state index contributed by atoms with van der Waals surface area (Å²) in [6.07, 6.45) is 2.03. The fraction of sp³-hybridized carbons (Fsp3) is 0.294. The first-order valence-electron chi connectivity index (χ1n) is 6.76. The number of likely N-dealkylation sites (N-methyl/N-ethyl adjacent to an activating group) is 1. The Balaban J connectivity index is 2.02. The van der Waals surface area contributed by atoms with Crippen LogP contribution in [0.25, 0.3) is 0 Å². The van der Waals surface area contributed by atoms with Crippen molar-refractivity contribution in [2.75, 3.05) is 14.2 Å². The highest BCUT2D eigenvalue weighted by Gasteiger charge is 2.09. The van der Waals surface area contributed by atoms with Gasteiger partial charge in [-0.2, -0.15) is 0 Å². The molecule has 1 N–H and O–H groups in total. The first-order valence-corrected chi connectivity index (χ1v) is 7.84. The van der Waals surface area contributed by atoms with E-state index in [1.165, 1.54) is 14.7 Å². The largest absolute Gasteiger partial charge is 0.497 e. The zero-order valence-electron chi connectivity index (χ0n) is 11.9. The predicted octanol–water partition coefficient (Wildman–Crippen LogP) is 3.67. The lowest BCUT2D eigenvalue weighted by atomic mass is 9.99. The fourth-order valence-corrected chi connectivity index (χ4v) is 2.62. The molecule has 106 valence electrons. The molecule has 1 atom stereocenters. The number of halogens is 1. The zero-order chi connectivity index (χ0) is 14.4. The van der Waals surface area contributed by atoms with Crippen molar-refractivity contribution >= 4 is 22.6 Å². The number of methoxy groups -OCH3 is 1. The molecule has 1 unspecified atom stereocenters. The summed E-state index contributed by atoms with van der Waals surface area (Å²) >= 11 is 2.34. The van der Waals surface area contributed by atoms with Crippen LogP contribution in [0.3, 0.4) is 0 Å². The van der Waals surface area contributed by atoms with Crippen molar-refractivity contribution in [1.29, 1.82) is 0 Å². The molecule has 0 aliphatic heterocycles. The Morgan fingerprint density at radius 2 is 1.75 bits per heavy atom. The van der Waals surface area contributed by atoms with Gasteiger partial charge in [-0.05, 0) is 77.9 Å². The Labute approximate surface area is 134 Å². The van der Waals surface area contributed by atoms with Crippen molar-refractivity contribution < 1.29 is 4.74 Å².